The van der Waals surface area contributed by atoms with Crippen molar-refractivity contribution in [1.29, 1.82) is 0 Å². The molecule has 3 N–H and O–H groups in total. The summed E-state index contributed by atoms with van der Waals surface area (Å²) in [7, 11) is 0. The van der Waals surface area contributed by atoms with Crippen LogP contribution in [-0.2, 0) is 0 Å². The van der Waals surface area contributed by atoms with Crippen molar-refractivity contribution in [2.45, 2.75) is 25.8 Å². The van der Waals surface area contributed by atoms with Crippen LogP contribution in [0.2, 0.25) is 0 Å². The minimum Gasteiger partial charge on any atom is -0.456 e. The van der Waals surface area contributed by atoms with E-state index in [1.165, 1.54) is 0 Å². The number of aromatic nitrogens is 4. The second kappa shape index (κ2) is 12.0. The highest BCUT2D eigenvalue weighted by Gasteiger charge is 2.26. The predicted octanol–water partition coefficient (Wildman–Crippen LogP) is 5.78. The number of rotatable bonds is 7. The fraction of sp³-hybridized carbons (Fsp3) is 0.194. The van der Waals surface area contributed by atoms with Gasteiger partial charge in [-0.25, -0.2) is 14.8 Å². The third kappa shape index (κ3) is 6.15. The lowest BCUT2D eigenvalue weighted by Crippen LogP contribution is -2.46. The number of pyridine rings is 2. The number of ether oxygens (including phenoxy) is 2. The van der Waals surface area contributed by atoms with Gasteiger partial charge in [0.05, 0.1) is 0 Å². The zero-order valence-corrected chi connectivity index (χ0v) is 22.9. The number of benzene rings is 2. The van der Waals surface area contributed by atoms with Gasteiger partial charge in [0.2, 0.25) is 0 Å². The number of hydrogen-bond donors (Lipinski definition) is 3. The lowest BCUT2D eigenvalue weighted by molar-refractivity contribution is 0.102. The molecule has 1 fully saturated rings. The Morgan fingerprint density at radius 3 is 2.60 bits per heavy atom. The molecule has 1 aliphatic rings. The van der Waals surface area contributed by atoms with E-state index in [1.54, 1.807) is 59.8 Å². The van der Waals surface area contributed by atoms with Gasteiger partial charge in [-0.2, -0.15) is 5.10 Å². The number of H-pyrrole nitrogens is 1. The third-order valence-electron chi connectivity index (χ3n) is 6.89. The summed E-state index contributed by atoms with van der Waals surface area (Å²) < 4.78 is 11.7. The van der Waals surface area contributed by atoms with E-state index in [9.17, 15) is 9.59 Å². The standard InChI is InChI=1S/C31H29N7O4/c1-20-13-15-32-26(18-20)35-30(39)21-9-11-24(12-10-21)41-25-14-16-33-28-27(25)29(37-36-28)34-22-6-5-17-38(19-22)31(40)42-23-7-3-2-4-8-23/h2-4,7-16,18,22H,5-6,17,19H2,1H3,(H,32,35,39)(H2,33,34,36,37). The van der Waals surface area contributed by atoms with Gasteiger partial charge in [0.15, 0.2) is 11.5 Å². The van der Waals surface area contributed by atoms with Crippen LogP contribution >= 0.6 is 0 Å². The first-order valence-corrected chi connectivity index (χ1v) is 13.7. The molecule has 0 bridgehead atoms. The first kappa shape index (κ1) is 26.8. The number of aryl methyl sites for hydroxylation is 1. The Hall–Kier alpha value is -5.45. The van der Waals surface area contributed by atoms with Gasteiger partial charge < -0.3 is 25.0 Å². The van der Waals surface area contributed by atoms with E-state index in [0.717, 1.165) is 18.4 Å². The molecule has 2 aromatic carbocycles. The second-order valence-corrected chi connectivity index (χ2v) is 10.0. The molecule has 6 rings (SSSR count). The first-order chi connectivity index (χ1) is 20.5. The number of aromatic amines is 1. The number of carbonyl (C=O) groups excluding carboxylic acids is 2. The number of hydrogen-bond acceptors (Lipinski definition) is 8. The Bertz CT molecular complexity index is 1710. The minimum absolute atomic E-state index is 0.0395. The van der Waals surface area contributed by atoms with Crippen LogP contribution in [0.15, 0.2) is 85.2 Å². The zero-order chi connectivity index (χ0) is 28.9. The normalized spacial score (nSPS) is 14.8. The Kier molecular flexibility index (Phi) is 7.62. The highest BCUT2D eigenvalue weighted by Crippen LogP contribution is 2.33. The Morgan fingerprint density at radius 2 is 1.79 bits per heavy atom. The molecular formula is C31H29N7O4. The number of carbonyl (C=O) groups is 2. The number of fused-ring (bicyclic) bond motifs is 1. The molecule has 42 heavy (non-hydrogen) atoms. The number of likely N-dealkylation sites (tertiary alicyclic amines) is 1. The average molecular weight is 564 g/mol. The van der Waals surface area contributed by atoms with E-state index >= 15 is 0 Å². The molecule has 0 spiro atoms. The molecule has 3 aromatic heterocycles. The number of para-hydroxylation sites is 1. The van der Waals surface area contributed by atoms with Crippen molar-refractivity contribution in [2.24, 2.45) is 0 Å². The number of nitrogens with zero attached hydrogens (tertiary/aromatic N) is 4. The molecule has 1 aliphatic heterocycles. The molecule has 212 valence electrons. The number of nitrogens with one attached hydrogen (secondary N) is 3. The summed E-state index contributed by atoms with van der Waals surface area (Å²) in [4.78, 5) is 35.7. The topological polar surface area (TPSA) is 134 Å². The van der Waals surface area contributed by atoms with Gasteiger partial charge in [-0.1, -0.05) is 18.2 Å². The zero-order valence-electron chi connectivity index (χ0n) is 22.9. The Balaban J connectivity index is 1.13. The van der Waals surface area contributed by atoms with E-state index in [0.29, 0.717) is 58.6 Å². The van der Waals surface area contributed by atoms with Gasteiger partial charge in [0, 0.05) is 43.2 Å². The van der Waals surface area contributed by atoms with Crippen molar-refractivity contribution in [3.05, 3.63) is 96.3 Å². The smallest absolute Gasteiger partial charge is 0.415 e. The molecule has 11 nitrogen and oxygen atoms in total. The molecule has 4 heterocycles. The van der Waals surface area contributed by atoms with Crippen molar-refractivity contribution in [3.8, 4) is 17.2 Å². The van der Waals surface area contributed by atoms with Crippen LogP contribution in [0.1, 0.15) is 28.8 Å². The monoisotopic (exact) mass is 563 g/mol. The van der Waals surface area contributed by atoms with Gasteiger partial charge in [-0.15, -0.1) is 0 Å². The van der Waals surface area contributed by atoms with Gasteiger partial charge in [-0.05, 0) is 73.9 Å². The SMILES string of the molecule is Cc1ccnc(NC(=O)c2ccc(Oc3ccnc4[nH]nc(NC5CCCN(C(=O)Oc6ccccc6)C5)c34)cc2)c1. The van der Waals surface area contributed by atoms with E-state index in [-0.39, 0.29) is 18.0 Å². The molecular weight excluding hydrogens is 534 g/mol. The van der Waals surface area contributed by atoms with Gasteiger partial charge in [-0.3, -0.25) is 9.89 Å². The molecule has 0 radical (unpaired) electrons. The lowest BCUT2D eigenvalue weighted by Gasteiger charge is -2.32. The van der Waals surface area contributed by atoms with Gasteiger partial charge in [0.1, 0.15) is 28.5 Å². The highest BCUT2D eigenvalue weighted by molar-refractivity contribution is 6.03. The van der Waals surface area contributed by atoms with Crippen LogP contribution in [0.4, 0.5) is 16.4 Å². The predicted molar refractivity (Wildman–Crippen MR) is 158 cm³/mol. The van der Waals surface area contributed by atoms with E-state index < -0.39 is 0 Å². The fourth-order valence-corrected chi connectivity index (χ4v) is 4.81. The van der Waals surface area contributed by atoms with Crippen LogP contribution in [0.3, 0.4) is 0 Å². The Morgan fingerprint density at radius 1 is 0.976 bits per heavy atom. The summed E-state index contributed by atoms with van der Waals surface area (Å²) in [5.41, 5.74) is 2.05. The summed E-state index contributed by atoms with van der Waals surface area (Å²) in [5, 5.41) is 14.3. The van der Waals surface area contributed by atoms with Crippen molar-refractivity contribution >= 4 is 34.7 Å². The molecule has 1 atom stereocenters. The van der Waals surface area contributed by atoms with Crippen molar-refractivity contribution in [2.75, 3.05) is 23.7 Å². The minimum atomic E-state index is -0.377. The Labute approximate surface area is 241 Å². The van der Waals surface area contributed by atoms with Crippen LogP contribution in [0, 0.1) is 6.92 Å². The average Bonchev–Trinajstić information content (AvgIpc) is 3.42. The van der Waals surface area contributed by atoms with Crippen molar-refractivity contribution in [1.82, 2.24) is 25.1 Å². The molecule has 11 heteroatoms. The number of piperidine rings is 1. The van der Waals surface area contributed by atoms with Crippen molar-refractivity contribution < 1.29 is 19.1 Å². The summed E-state index contributed by atoms with van der Waals surface area (Å²) in [6.45, 7) is 3.03. The molecule has 1 unspecified atom stereocenters. The van der Waals surface area contributed by atoms with Gasteiger partial charge >= 0.3 is 6.09 Å². The summed E-state index contributed by atoms with van der Waals surface area (Å²) >= 11 is 0. The van der Waals surface area contributed by atoms with Crippen LogP contribution in [0.5, 0.6) is 17.2 Å². The van der Waals surface area contributed by atoms with Gasteiger partial charge in [0.25, 0.3) is 5.91 Å². The highest BCUT2D eigenvalue weighted by atomic mass is 16.6. The molecule has 1 saturated heterocycles. The van der Waals surface area contributed by atoms with Crippen LogP contribution in [0.25, 0.3) is 11.0 Å². The molecule has 2 amide bonds. The summed E-state index contributed by atoms with van der Waals surface area (Å²) in [5.74, 6) is 2.43. The molecule has 5 aromatic rings. The summed E-state index contributed by atoms with van der Waals surface area (Å²) in [6.07, 6.45) is 4.60. The van der Waals surface area contributed by atoms with E-state index in [2.05, 4.69) is 30.8 Å². The lowest BCUT2D eigenvalue weighted by atomic mass is 10.1. The van der Waals surface area contributed by atoms with E-state index in [1.807, 2.05) is 37.3 Å². The van der Waals surface area contributed by atoms with Crippen LogP contribution < -0.4 is 20.1 Å². The largest absolute Gasteiger partial charge is 0.456 e. The second-order valence-electron chi connectivity index (χ2n) is 10.0. The number of amides is 2. The molecule has 0 aliphatic carbocycles. The first-order valence-electron chi connectivity index (χ1n) is 13.7. The maximum Gasteiger partial charge on any atom is 0.415 e. The fourth-order valence-electron chi connectivity index (χ4n) is 4.81. The maximum absolute atomic E-state index is 12.8. The van der Waals surface area contributed by atoms with Crippen LogP contribution in [-0.4, -0.2) is 56.2 Å². The quantitative estimate of drug-likeness (QED) is 0.227. The summed E-state index contributed by atoms with van der Waals surface area (Å²) in [6, 6.07) is 21.3. The number of anilines is 2. The maximum atomic E-state index is 12.8. The third-order valence-corrected chi connectivity index (χ3v) is 6.89. The molecule has 0 saturated carbocycles. The van der Waals surface area contributed by atoms with Crippen molar-refractivity contribution in [3.63, 3.8) is 0 Å². The van der Waals surface area contributed by atoms with E-state index in [4.69, 9.17) is 9.47 Å².